The maximum atomic E-state index is 13.4. The van der Waals surface area contributed by atoms with Crippen molar-refractivity contribution in [2.45, 2.75) is 43.8 Å². The van der Waals surface area contributed by atoms with Gasteiger partial charge in [-0.3, -0.25) is 14.2 Å². The van der Waals surface area contributed by atoms with E-state index in [0.29, 0.717) is 27.3 Å². The van der Waals surface area contributed by atoms with Gasteiger partial charge in [0.25, 0.3) is 5.56 Å². The Morgan fingerprint density at radius 3 is 2.61 bits per heavy atom. The number of hydrogen-bond acceptors (Lipinski definition) is 5. The van der Waals surface area contributed by atoms with Crippen LogP contribution in [0.4, 0.5) is 0 Å². The minimum Gasteiger partial charge on any atom is -0.349 e. The fourth-order valence-corrected chi connectivity index (χ4v) is 5.47. The minimum absolute atomic E-state index is 0.115. The Bertz CT molecular complexity index is 1540. The lowest BCUT2D eigenvalue weighted by molar-refractivity contribution is -0.119. The number of nitrogens with zero attached hydrogens (tertiary/aromatic N) is 3. The molecule has 5 rings (SSSR count). The molecule has 0 bridgehead atoms. The topological polar surface area (TPSA) is 87.8 Å². The normalized spacial score (nSPS) is 13.6. The molecule has 36 heavy (non-hydrogen) atoms. The zero-order valence-electron chi connectivity index (χ0n) is 20.0. The molecule has 0 saturated carbocycles. The van der Waals surface area contributed by atoms with E-state index in [0.717, 1.165) is 18.4 Å². The SMILES string of the molecule is CC(NC(=O)CSc1nc2ccccc2c(=O)n1-c1ccc(C#N)cc1)c1ccc2c(c1)CCCC2. The van der Waals surface area contributed by atoms with Crippen molar-refractivity contribution in [3.8, 4) is 11.8 Å². The summed E-state index contributed by atoms with van der Waals surface area (Å²) in [6.45, 7) is 1.99. The Hall–Kier alpha value is -3.89. The van der Waals surface area contributed by atoms with Crippen LogP contribution >= 0.6 is 11.8 Å². The largest absolute Gasteiger partial charge is 0.349 e. The van der Waals surface area contributed by atoms with E-state index >= 15 is 0 Å². The Balaban J connectivity index is 1.37. The van der Waals surface area contributed by atoms with Crippen molar-refractivity contribution in [2.24, 2.45) is 0 Å². The van der Waals surface area contributed by atoms with Gasteiger partial charge in [-0.05, 0) is 85.7 Å². The van der Waals surface area contributed by atoms with Crippen molar-refractivity contribution in [3.05, 3.63) is 99.3 Å². The van der Waals surface area contributed by atoms with E-state index in [1.165, 1.54) is 40.3 Å². The fraction of sp³-hybridized carbons (Fsp3) is 0.241. The monoisotopic (exact) mass is 494 g/mol. The number of aryl methyl sites for hydroxylation is 2. The number of aromatic nitrogens is 2. The number of nitriles is 1. The number of thioether (sulfide) groups is 1. The third-order valence-corrected chi connectivity index (χ3v) is 7.52. The van der Waals surface area contributed by atoms with Crippen LogP contribution < -0.4 is 10.9 Å². The second-order valence-corrected chi connectivity index (χ2v) is 9.97. The number of para-hydroxylation sites is 1. The van der Waals surface area contributed by atoms with Crippen LogP contribution in [0.5, 0.6) is 0 Å². The summed E-state index contributed by atoms with van der Waals surface area (Å²) in [5.41, 5.74) is 5.39. The Kier molecular flexibility index (Phi) is 6.88. The van der Waals surface area contributed by atoms with Gasteiger partial charge in [0.15, 0.2) is 5.16 Å². The van der Waals surface area contributed by atoms with Gasteiger partial charge in [-0.25, -0.2) is 4.98 Å². The number of carbonyl (C=O) groups is 1. The predicted octanol–water partition coefficient (Wildman–Crippen LogP) is 5.11. The number of fused-ring (bicyclic) bond motifs is 2. The lowest BCUT2D eigenvalue weighted by Crippen LogP contribution is -2.29. The van der Waals surface area contributed by atoms with Gasteiger partial charge < -0.3 is 5.32 Å². The molecule has 1 heterocycles. The second-order valence-electron chi connectivity index (χ2n) is 9.02. The molecule has 1 aliphatic rings. The Labute approximate surface area is 214 Å². The van der Waals surface area contributed by atoms with E-state index in [-0.39, 0.29) is 23.3 Å². The zero-order chi connectivity index (χ0) is 25.1. The van der Waals surface area contributed by atoms with E-state index in [1.807, 2.05) is 13.0 Å². The molecule has 0 saturated heterocycles. The lowest BCUT2D eigenvalue weighted by Gasteiger charge is -2.20. The molecule has 0 fully saturated rings. The third-order valence-electron chi connectivity index (χ3n) is 6.58. The number of nitrogens with one attached hydrogen (secondary N) is 1. The van der Waals surface area contributed by atoms with Crippen molar-refractivity contribution in [2.75, 3.05) is 5.75 Å². The highest BCUT2D eigenvalue weighted by atomic mass is 32.2. The smallest absolute Gasteiger partial charge is 0.266 e. The highest BCUT2D eigenvalue weighted by Gasteiger charge is 2.17. The Morgan fingerprint density at radius 1 is 1.08 bits per heavy atom. The van der Waals surface area contributed by atoms with Crippen LogP contribution in [-0.4, -0.2) is 21.2 Å². The highest BCUT2D eigenvalue weighted by molar-refractivity contribution is 7.99. The summed E-state index contributed by atoms with van der Waals surface area (Å²) < 4.78 is 1.51. The summed E-state index contributed by atoms with van der Waals surface area (Å²) in [7, 11) is 0. The minimum atomic E-state index is -0.212. The second kappa shape index (κ2) is 10.4. The van der Waals surface area contributed by atoms with Crippen molar-refractivity contribution in [1.29, 1.82) is 5.26 Å². The number of carbonyl (C=O) groups excluding carboxylic acids is 1. The van der Waals surface area contributed by atoms with Crippen LogP contribution in [0.15, 0.2) is 76.7 Å². The summed E-state index contributed by atoms with van der Waals surface area (Å²) in [6.07, 6.45) is 4.69. The van der Waals surface area contributed by atoms with Crippen LogP contribution in [0.25, 0.3) is 16.6 Å². The number of rotatable bonds is 6. The van der Waals surface area contributed by atoms with Crippen LogP contribution in [0.2, 0.25) is 0 Å². The summed E-state index contributed by atoms with van der Waals surface area (Å²) in [5, 5.41) is 13.1. The summed E-state index contributed by atoms with van der Waals surface area (Å²) >= 11 is 1.22. The van der Waals surface area contributed by atoms with Crippen LogP contribution in [0.1, 0.15) is 48.1 Å². The molecular weight excluding hydrogens is 468 g/mol. The first kappa shape index (κ1) is 23.8. The first-order valence-corrected chi connectivity index (χ1v) is 13.1. The molecule has 7 heteroatoms. The third kappa shape index (κ3) is 4.91. The predicted molar refractivity (Wildman–Crippen MR) is 142 cm³/mol. The van der Waals surface area contributed by atoms with Gasteiger partial charge in [0.2, 0.25) is 5.91 Å². The van der Waals surface area contributed by atoms with E-state index in [9.17, 15) is 9.59 Å². The molecule has 0 spiro atoms. The van der Waals surface area contributed by atoms with E-state index in [2.05, 4.69) is 29.6 Å². The molecule has 1 aliphatic carbocycles. The zero-order valence-corrected chi connectivity index (χ0v) is 20.8. The number of hydrogen-bond donors (Lipinski definition) is 1. The van der Waals surface area contributed by atoms with Gasteiger partial charge in [-0.2, -0.15) is 5.26 Å². The molecule has 0 aliphatic heterocycles. The fourth-order valence-electron chi connectivity index (χ4n) is 4.64. The molecule has 1 atom stereocenters. The van der Waals surface area contributed by atoms with E-state index < -0.39 is 0 Å². The summed E-state index contributed by atoms with van der Waals surface area (Å²) in [5.74, 6) is -0.00455. The molecule has 3 aromatic carbocycles. The average Bonchev–Trinajstić information content (AvgIpc) is 2.92. The van der Waals surface area contributed by atoms with E-state index in [1.54, 1.807) is 42.5 Å². The Morgan fingerprint density at radius 2 is 1.83 bits per heavy atom. The lowest BCUT2D eigenvalue weighted by atomic mass is 9.89. The van der Waals surface area contributed by atoms with Crippen molar-refractivity contribution in [1.82, 2.24) is 14.9 Å². The molecule has 4 aromatic rings. The van der Waals surface area contributed by atoms with Crippen molar-refractivity contribution < 1.29 is 4.79 Å². The first-order valence-electron chi connectivity index (χ1n) is 12.1. The van der Waals surface area contributed by atoms with Crippen molar-refractivity contribution >= 4 is 28.6 Å². The first-order chi connectivity index (χ1) is 17.5. The van der Waals surface area contributed by atoms with Gasteiger partial charge in [-0.1, -0.05) is 42.1 Å². The summed E-state index contributed by atoms with van der Waals surface area (Å²) in [4.78, 5) is 31.0. The number of benzene rings is 3. The molecule has 180 valence electrons. The molecule has 1 aromatic heterocycles. The molecule has 1 amide bonds. The van der Waals surface area contributed by atoms with Gasteiger partial charge in [-0.15, -0.1) is 0 Å². The highest BCUT2D eigenvalue weighted by Crippen LogP contribution is 2.25. The van der Waals surface area contributed by atoms with E-state index in [4.69, 9.17) is 10.2 Å². The van der Waals surface area contributed by atoms with Gasteiger partial charge in [0.05, 0.1) is 40.0 Å². The maximum Gasteiger partial charge on any atom is 0.266 e. The molecule has 1 unspecified atom stereocenters. The molecule has 0 radical (unpaired) electrons. The summed E-state index contributed by atoms with van der Waals surface area (Å²) in [6, 6.07) is 22.4. The average molecular weight is 495 g/mol. The maximum absolute atomic E-state index is 13.4. The van der Waals surface area contributed by atoms with Crippen LogP contribution in [0, 0.1) is 11.3 Å². The van der Waals surface area contributed by atoms with Gasteiger partial charge >= 0.3 is 0 Å². The number of amides is 1. The molecule has 6 nitrogen and oxygen atoms in total. The van der Waals surface area contributed by atoms with Crippen LogP contribution in [-0.2, 0) is 17.6 Å². The van der Waals surface area contributed by atoms with Crippen molar-refractivity contribution in [3.63, 3.8) is 0 Å². The van der Waals surface area contributed by atoms with Gasteiger partial charge in [0, 0.05) is 0 Å². The molecular formula is C29H26N4O2S. The molecule has 1 N–H and O–H groups in total. The quantitative estimate of drug-likeness (QED) is 0.297. The standard InChI is InChI=1S/C29H26N4O2S/c1-19(22-13-12-21-6-2-3-7-23(21)16-22)31-27(34)18-36-29-32-26-9-5-4-8-25(26)28(35)33(29)24-14-10-20(17-30)11-15-24/h4-5,8-16,19H,2-3,6-7,18H2,1H3,(H,31,34). The van der Waals surface area contributed by atoms with Crippen LogP contribution in [0.3, 0.4) is 0 Å². The van der Waals surface area contributed by atoms with Gasteiger partial charge in [0.1, 0.15) is 0 Å².